The second kappa shape index (κ2) is 8.73. The van der Waals surface area contributed by atoms with Crippen LogP contribution < -0.4 is 5.69 Å². The lowest BCUT2D eigenvalue weighted by atomic mass is 10.1. The molecule has 0 aliphatic heterocycles. The maximum absolute atomic E-state index is 12.0. The van der Waals surface area contributed by atoms with E-state index in [2.05, 4.69) is 22.3 Å². The number of nitrogens with one attached hydrogen (secondary N) is 1. The van der Waals surface area contributed by atoms with Crippen molar-refractivity contribution in [2.24, 2.45) is 0 Å². The molecule has 0 spiro atoms. The third-order valence-electron chi connectivity index (χ3n) is 4.17. The summed E-state index contributed by atoms with van der Waals surface area (Å²) in [6.45, 7) is 0.581. The molecule has 0 aliphatic carbocycles. The molecule has 0 radical (unpaired) electrons. The van der Waals surface area contributed by atoms with Crippen molar-refractivity contribution < 1.29 is 4.79 Å². The highest BCUT2D eigenvalue weighted by atomic mass is 32.2. The first-order valence-electron chi connectivity index (χ1n) is 8.67. The fourth-order valence-electron chi connectivity index (χ4n) is 2.65. The van der Waals surface area contributed by atoms with Crippen LogP contribution in [-0.2, 0) is 18.7 Å². The predicted molar refractivity (Wildman–Crippen MR) is 107 cm³/mol. The summed E-state index contributed by atoms with van der Waals surface area (Å²) in [4.78, 5) is 25.5. The molecule has 3 rings (SSSR count). The first-order chi connectivity index (χ1) is 13.0. The minimum atomic E-state index is -0.194. The molecule has 27 heavy (non-hydrogen) atoms. The van der Waals surface area contributed by atoms with Crippen molar-refractivity contribution in [3.8, 4) is 0 Å². The Morgan fingerprint density at radius 2 is 1.78 bits per heavy atom. The molecule has 0 aliphatic rings. The normalized spacial score (nSPS) is 10.7. The van der Waals surface area contributed by atoms with Crippen molar-refractivity contribution in [2.75, 3.05) is 14.1 Å². The molecule has 1 N–H and O–H groups in total. The molecule has 0 atom stereocenters. The molecule has 7 heteroatoms. The zero-order valence-electron chi connectivity index (χ0n) is 15.4. The van der Waals surface area contributed by atoms with Crippen LogP contribution in [-0.4, -0.2) is 39.7 Å². The van der Waals surface area contributed by atoms with Gasteiger partial charge in [-0.05, 0) is 29.7 Å². The van der Waals surface area contributed by atoms with E-state index >= 15 is 0 Å². The van der Waals surface area contributed by atoms with Gasteiger partial charge in [-0.15, -0.1) is 5.10 Å². The van der Waals surface area contributed by atoms with E-state index in [0.717, 1.165) is 12.0 Å². The van der Waals surface area contributed by atoms with Crippen LogP contribution >= 0.6 is 11.8 Å². The largest absolute Gasteiger partial charge is 0.345 e. The van der Waals surface area contributed by atoms with Crippen LogP contribution in [0.5, 0.6) is 0 Å². The number of carbonyl (C=O) groups excluding carboxylic acids is 1. The number of aryl methyl sites for hydroxylation is 1. The fourth-order valence-corrected chi connectivity index (χ4v) is 3.57. The third kappa shape index (κ3) is 4.89. The van der Waals surface area contributed by atoms with Gasteiger partial charge in [0.1, 0.15) is 0 Å². The average molecular weight is 382 g/mol. The molecule has 0 bridgehead atoms. The monoisotopic (exact) mass is 382 g/mol. The van der Waals surface area contributed by atoms with Crippen molar-refractivity contribution in [3.63, 3.8) is 0 Å². The molecule has 0 fully saturated rings. The van der Waals surface area contributed by atoms with Crippen LogP contribution in [0.25, 0.3) is 0 Å². The first-order valence-corrected chi connectivity index (χ1v) is 9.65. The number of H-pyrrole nitrogens is 1. The second-order valence-electron chi connectivity index (χ2n) is 6.38. The Bertz CT molecular complexity index is 946. The van der Waals surface area contributed by atoms with Gasteiger partial charge in [-0.2, -0.15) is 0 Å². The first kappa shape index (κ1) is 19.0. The lowest BCUT2D eigenvalue weighted by molar-refractivity contribution is 0.0827. The van der Waals surface area contributed by atoms with Gasteiger partial charge in [0.05, 0.1) is 0 Å². The number of carbonyl (C=O) groups is 1. The van der Waals surface area contributed by atoms with Crippen molar-refractivity contribution in [1.82, 2.24) is 19.7 Å². The molecular weight excluding hydrogens is 360 g/mol. The van der Waals surface area contributed by atoms with Gasteiger partial charge in [0.2, 0.25) is 0 Å². The van der Waals surface area contributed by atoms with Crippen LogP contribution in [0.4, 0.5) is 0 Å². The minimum absolute atomic E-state index is 0.0174. The molecule has 0 saturated heterocycles. The molecule has 1 amide bonds. The van der Waals surface area contributed by atoms with Crippen LogP contribution in [0.1, 0.15) is 21.5 Å². The van der Waals surface area contributed by atoms with E-state index in [4.69, 9.17) is 0 Å². The van der Waals surface area contributed by atoms with Crippen molar-refractivity contribution in [3.05, 3.63) is 81.8 Å². The van der Waals surface area contributed by atoms with Gasteiger partial charge in [0.15, 0.2) is 5.16 Å². The molecule has 2 aromatic carbocycles. The molecule has 1 heterocycles. The van der Waals surface area contributed by atoms with Crippen molar-refractivity contribution in [2.45, 2.75) is 23.9 Å². The van der Waals surface area contributed by atoms with E-state index in [1.165, 1.54) is 17.3 Å². The Labute approximate surface area is 162 Å². The number of thioether (sulfide) groups is 1. The SMILES string of the molecule is CN(C)C(=O)c1ccc(CSc2n[nH]c(=O)n2CCc2ccccc2)cc1. The second-order valence-corrected chi connectivity index (χ2v) is 7.33. The Balaban J connectivity index is 1.63. The molecular formula is C20H22N4O2S. The highest BCUT2D eigenvalue weighted by Crippen LogP contribution is 2.20. The summed E-state index contributed by atoms with van der Waals surface area (Å²) in [5.74, 6) is 0.655. The zero-order valence-corrected chi connectivity index (χ0v) is 16.2. The number of aromatic nitrogens is 3. The van der Waals surface area contributed by atoms with Crippen LogP contribution in [0.3, 0.4) is 0 Å². The van der Waals surface area contributed by atoms with Gasteiger partial charge in [0.25, 0.3) is 5.91 Å². The van der Waals surface area contributed by atoms with E-state index in [1.807, 2.05) is 42.5 Å². The van der Waals surface area contributed by atoms with Gasteiger partial charge in [-0.25, -0.2) is 9.89 Å². The lowest BCUT2D eigenvalue weighted by Crippen LogP contribution is -2.21. The smallest absolute Gasteiger partial charge is 0.343 e. The summed E-state index contributed by atoms with van der Waals surface area (Å²) in [6, 6.07) is 17.6. The maximum Gasteiger partial charge on any atom is 0.343 e. The van der Waals surface area contributed by atoms with E-state index in [-0.39, 0.29) is 11.6 Å². The summed E-state index contributed by atoms with van der Waals surface area (Å²) in [6.07, 6.45) is 0.773. The van der Waals surface area contributed by atoms with Crippen LogP contribution in [0.2, 0.25) is 0 Å². The van der Waals surface area contributed by atoms with Gasteiger partial charge in [-0.3, -0.25) is 9.36 Å². The lowest BCUT2D eigenvalue weighted by Gasteiger charge is -2.10. The number of benzene rings is 2. The summed E-state index contributed by atoms with van der Waals surface area (Å²) < 4.78 is 1.67. The maximum atomic E-state index is 12.0. The van der Waals surface area contributed by atoms with Gasteiger partial charge in [-0.1, -0.05) is 54.2 Å². The van der Waals surface area contributed by atoms with Crippen molar-refractivity contribution in [1.29, 1.82) is 0 Å². The molecule has 6 nitrogen and oxygen atoms in total. The fraction of sp³-hybridized carbons (Fsp3) is 0.250. The Morgan fingerprint density at radius 1 is 1.07 bits per heavy atom. The van der Waals surface area contributed by atoms with E-state index < -0.39 is 0 Å². The topological polar surface area (TPSA) is 71.0 Å². The Morgan fingerprint density at radius 3 is 2.44 bits per heavy atom. The predicted octanol–water partition coefficient (Wildman–Crippen LogP) is 2.81. The van der Waals surface area contributed by atoms with Gasteiger partial charge >= 0.3 is 5.69 Å². The summed E-state index contributed by atoms with van der Waals surface area (Å²) in [5.41, 5.74) is 2.72. The quantitative estimate of drug-likeness (QED) is 0.638. The zero-order chi connectivity index (χ0) is 19.2. The van der Waals surface area contributed by atoms with E-state index in [1.54, 1.807) is 23.6 Å². The molecule has 1 aromatic heterocycles. The van der Waals surface area contributed by atoms with Crippen LogP contribution in [0.15, 0.2) is 64.5 Å². The van der Waals surface area contributed by atoms with E-state index in [0.29, 0.717) is 23.0 Å². The van der Waals surface area contributed by atoms with Gasteiger partial charge < -0.3 is 4.90 Å². The molecule has 0 saturated carbocycles. The highest BCUT2D eigenvalue weighted by Gasteiger charge is 2.11. The minimum Gasteiger partial charge on any atom is -0.345 e. The summed E-state index contributed by atoms with van der Waals surface area (Å²) in [5, 5.41) is 7.34. The Hall–Kier alpha value is -2.80. The number of hydrogen-bond donors (Lipinski definition) is 1. The van der Waals surface area contributed by atoms with Crippen molar-refractivity contribution >= 4 is 17.7 Å². The Kier molecular flexibility index (Phi) is 6.13. The average Bonchev–Trinajstić information content (AvgIpc) is 3.05. The summed E-state index contributed by atoms with van der Waals surface area (Å²) in [7, 11) is 3.47. The van der Waals surface area contributed by atoms with Crippen LogP contribution in [0, 0.1) is 0 Å². The number of rotatable bonds is 7. The molecule has 3 aromatic rings. The standard InChI is InChI=1S/C20H22N4O2S/c1-23(2)18(25)17-10-8-16(9-11-17)14-27-20-22-21-19(26)24(20)13-12-15-6-4-3-5-7-15/h3-11H,12-14H2,1-2H3,(H,21,26). The number of nitrogens with zero attached hydrogens (tertiary/aromatic N) is 3. The van der Waals surface area contributed by atoms with Gasteiger partial charge in [0, 0.05) is 32.0 Å². The van der Waals surface area contributed by atoms with E-state index in [9.17, 15) is 9.59 Å². The summed E-state index contributed by atoms with van der Waals surface area (Å²) >= 11 is 1.50. The number of amides is 1. The number of aromatic amines is 1. The molecule has 0 unspecified atom stereocenters. The molecule has 140 valence electrons. The third-order valence-corrected chi connectivity index (χ3v) is 5.21. The number of hydrogen-bond acceptors (Lipinski definition) is 4. The highest BCUT2D eigenvalue weighted by molar-refractivity contribution is 7.98.